The number of unbranched alkanes of at least 4 members (excludes halogenated alkanes) is 10. The maximum atomic E-state index is 11.2. The Labute approximate surface area is 166 Å². The summed E-state index contributed by atoms with van der Waals surface area (Å²) in [5, 5.41) is 18.8. The van der Waals surface area contributed by atoms with Gasteiger partial charge in [-0.1, -0.05) is 64.7 Å². The average molecular weight is 389 g/mol. The molecule has 6 nitrogen and oxygen atoms in total. The lowest BCUT2D eigenvalue weighted by Crippen LogP contribution is -2.64. The van der Waals surface area contributed by atoms with Gasteiger partial charge in [0.25, 0.3) is 0 Å². The van der Waals surface area contributed by atoms with Crippen molar-refractivity contribution in [3.05, 3.63) is 0 Å². The normalized spacial score (nSPS) is 11.6. The minimum absolute atomic E-state index is 0.278. The molecule has 0 unspecified atom stereocenters. The van der Waals surface area contributed by atoms with Crippen molar-refractivity contribution in [2.45, 2.75) is 96.9 Å². The number of likely N-dealkylation sites (N-methyl/N-ethyl adjacent to an activating group) is 1. The van der Waals surface area contributed by atoms with Crippen LogP contribution in [-0.2, 0) is 9.59 Å². The number of nitrogens with two attached hydrogens (primary N) is 1. The Morgan fingerprint density at radius 3 is 1.52 bits per heavy atom. The van der Waals surface area contributed by atoms with E-state index in [1.165, 1.54) is 64.2 Å². The molecule has 162 valence electrons. The number of carbonyl (C=O) groups excluding carboxylic acids is 1. The highest BCUT2D eigenvalue weighted by molar-refractivity contribution is 5.73. The molecule has 0 heterocycles. The molecule has 0 amide bonds. The lowest BCUT2D eigenvalue weighted by molar-refractivity contribution is -0.930. The topological polar surface area (TPSA) is 103 Å². The first-order valence-corrected chi connectivity index (χ1v) is 10.5. The van der Waals surface area contributed by atoms with Crippen LogP contribution in [0.5, 0.6) is 0 Å². The lowest BCUT2D eigenvalue weighted by atomic mass is 9.99. The Bertz CT molecular complexity index is 396. The average Bonchev–Trinajstić information content (AvgIpc) is 2.59. The van der Waals surface area contributed by atoms with Crippen molar-refractivity contribution in [1.82, 2.24) is 0 Å². The standard InChI is InChI=1S/C19H39NO2.C2H5NO2/c1-6-7-8-9-10-11-12-13-14-15-16-17-20(4,5)19(2,3)18(21)22;3-1-2(4)5/h6-17H2,1-5H3;1,3H2,(H,4,5). The van der Waals surface area contributed by atoms with Gasteiger partial charge in [-0.15, -0.1) is 0 Å². The van der Waals surface area contributed by atoms with Crippen molar-refractivity contribution in [3.63, 3.8) is 0 Å². The molecule has 0 aromatic heterocycles. The van der Waals surface area contributed by atoms with Crippen LogP contribution in [0.1, 0.15) is 91.4 Å². The van der Waals surface area contributed by atoms with Gasteiger partial charge in [0.1, 0.15) is 11.5 Å². The first-order valence-electron chi connectivity index (χ1n) is 10.5. The van der Waals surface area contributed by atoms with Crippen molar-refractivity contribution in [1.29, 1.82) is 0 Å². The minimum Gasteiger partial charge on any atom is -0.544 e. The fourth-order valence-electron chi connectivity index (χ4n) is 2.70. The van der Waals surface area contributed by atoms with Crippen LogP contribution < -0.4 is 10.8 Å². The van der Waals surface area contributed by atoms with E-state index in [4.69, 9.17) is 5.11 Å². The van der Waals surface area contributed by atoms with Gasteiger partial charge in [0, 0.05) is 0 Å². The highest BCUT2D eigenvalue weighted by atomic mass is 16.4. The molecule has 0 aromatic carbocycles. The van der Waals surface area contributed by atoms with Gasteiger partial charge < -0.3 is 25.2 Å². The van der Waals surface area contributed by atoms with E-state index < -0.39 is 17.5 Å². The SMILES string of the molecule is CCCCCCCCCCCCC[N+](C)(C)C(C)(C)C(=O)[O-].NCC(=O)O. The fourth-order valence-corrected chi connectivity index (χ4v) is 2.70. The summed E-state index contributed by atoms with van der Waals surface area (Å²) in [5.41, 5.74) is 3.75. The van der Waals surface area contributed by atoms with Crippen molar-refractivity contribution >= 4 is 11.9 Å². The second-order valence-electron chi connectivity index (χ2n) is 8.39. The molecule has 0 fully saturated rings. The van der Waals surface area contributed by atoms with Crippen molar-refractivity contribution < 1.29 is 24.3 Å². The van der Waals surface area contributed by atoms with Crippen LogP contribution in [0.15, 0.2) is 0 Å². The highest BCUT2D eigenvalue weighted by Crippen LogP contribution is 2.21. The van der Waals surface area contributed by atoms with Crippen LogP contribution >= 0.6 is 0 Å². The summed E-state index contributed by atoms with van der Waals surface area (Å²) >= 11 is 0. The van der Waals surface area contributed by atoms with Crippen LogP contribution in [0.4, 0.5) is 0 Å². The largest absolute Gasteiger partial charge is 0.544 e. The van der Waals surface area contributed by atoms with Gasteiger partial charge in [0.05, 0.1) is 27.2 Å². The third kappa shape index (κ3) is 14.6. The van der Waals surface area contributed by atoms with E-state index in [1.54, 1.807) is 13.8 Å². The van der Waals surface area contributed by atoms with Crippen molar-refractivity contribution in [2.75, 3.05) is 27.2 Å². The van der Waals surface area contributed by atoms with Gasteiger partial charge in [0.2, 0.25) is 0 Å². The first-order chi connectivity index (χ1) is 12.5. The van der Waals surface area contributed by atoms with Crippen LogP contribution in [-0.4, -0.2) is 54.3 Å². The van der Waals surface area contributed by atoms with E-state index in [2.05, 4.69) is 12.7 Å². The summed E-state index contributed by atoms with van der Waals surface area (Å²) in [7, 11) is 3.98. The monoisotopic (exact) mass is 388 g/mol. The maximum Gasteiger partial charge on any atom is 0.317 e. The Kier molecular flexibility index (Phi) is 16.5. The Balaban J connectivity index is 0. The molecule has 0 aromatic rings. The first kappa shape index (κ1) is 28.1. The number of hydrogen-bond acceptors (Lipinski definition) is 4. The number of carbonyl (C=O) groups is 2. The van der Waals surface area contributed by atoms with Crippen LogP contribution in [0.2, 0.25) is 0 Å². The summed E-state index contributed by atoms with van der Waals surface area (Å²) in [5.74, 6) is -1.93. The summed E-state index contributed by atoms with van der Waals surface area (Å²) in [6.07, 6.45) is 14.5. The van der Waals surface area contributed by atoms with Gasteiger partial charge in [-0.05, 0) is 26.7 Å². The summed E-state index contributed by atoms with van der Waals surface area (Å²) in [6, 6.07) is 0. The van der Waals surface area contributed by atoms with Gasteiger partial charge in [-0.3, -0.25) is 4.79 Å². The van der Waals surface area contributed by atoms with Crippen LogP contribution in [0.25, 0.3) is 0 Å². The summed E-state index contributed by atoms with van der Waals surface area (Å²) < 4.78 is 0.493. The zero-order valence-corrected chi connectivity index (χ0v) is 18.4. The number of nitrogens with zero attached hydrogens (tertiary/aromatic N) is 1. The quantitative estimate of drug-likeness (QED) is 0.332. The third-order valence-electron chi connectivity index (χ3n) is 5.51. The zero-order valence-electron chi connectivity index (χ0n) is 18.4. The maximum absolute atomic E-state index is 11.2. The molecule has 0 rings (SSSR count). The fraction of sp³-hybridized carbons (Fsp3) is 0.905. The smallest absolute Gasteiger partial charge is 0.317 e. The molecule has 0 aliphatic carbocycles. The third-order valence-corrected chi connectivity index (χ3v) is 5.51. The van der Waals surface area contributed by atoms with E-state index in [9.17, 15) is 14.7 Å². The Morgan fingerprint density at radius 2 is 1.22 bits per heavy atom. The second kappa shape index (κ2) is 15.9. The molecule has 0 aliphatic heterocycles. The number of carboxylic acid groups (broad SMARTS) is 2. The van der Waals surface area contributed by atoms with E-state index in [1.807, 2.05) is 14.1 Å². The molecule has 6 heteroatoms. The molecule has 0 aliphatic rings. The van der Waals surface area contributed by atoms with Gasteiger partial charge in [0.15, 0.2) is 0 Å². The summed E-state index contributed by atoms with van der Waals surface area (Å²) in [6.45, 7) is 6.41. The van der Waals surface area contributed by atoms with Crippen molar-refractivity contribution in [3.8, 4) is 0 Å². The molecule has 27 heavy (non-hydrogen) atoms. The molecule has 0 bridgehead atoms. The van der Waals surface area contributed by atoms with Crippen molar-refractivity contribution in [2.24, 2.45) is 5.73 Å². The molecule has 0 atom stereocenters. The van der Waals surface area contributed by atoms with Gasteiger partial charge in [-0.25, -0.2) is 0 Å². The minimum atomic E-state index is -0.968. The van der Waals surface area contributed by atoms with Gasteiger partial charge in [-0.2, -0.15) is 0 Å². The molecule has 0 spiro atoms. The molecular formula is C21H44N2O4. The number of quaternary nitrogens is 1. The van der Waals surface area contributed by atoms with E-state index in [0.717, 1.165) is 13.0 Å². The number of rotatable bonds is 15. The molecule has 0 saturated carbocycles. The van der Waals surface area contributed by atoms with Crippen LogP contribution in [0.3, 0.4) is 0 Å². The van der Waals surface area contributed by atoms with Gasteiger partial charge >= 0.3 is 5.97 Å². The van der Waals surface area contributed by atoms with Crippen LogP contribution in [0, 0.1) is 0 Å². The zero-order chi connectivity index (χ0) is 21.3. The lowest BCUT2D eigenvalue weighted by Gasteiger charge is -2.45. The predicted octanol–water partition coefficient (Wildman–Crippen LogP) is 2.93. The van der Waals surface area contributed by atoms with E-state index in [0.29, 0.717) is 4.48 Å². The second-order valence-corrected chi connectivity index (χ2v) is 8.39. The molecule has 0 saturated heterocycles. The summed E-state index contributed by atoms with van der Waals surface area (Å²) in [4.78, 5) is 20.5. The Morgan fingerprint density at radius 1 is 0.889 bits per heavy atom. The molecular weight excluding hydrogens is 344 g/mol. The highest BCUT2D eigenvalue weighted by Gasteiger charge is 2.37. The predicted molar refractivity (Wildman–Crippen MR) is 109 cm³/mol. The number of aliphatic carboxylic acids is 2. The Hall–Kier alpha value is -1.14. The van der Waals surface area contributed by atoms with E-state index in [-0.39, 0.29) is 6.54 Å². The molecule has 3 N–H and O–H groups in total. The van der Waals surface area contributed by atoms with E-state index >= 15 is 0 Å². The number of carboxylic acids is 2. The number of hydrogen-bond donors (Lipinski definition) is 2. The molecule has 0 radical (unpaired) electrons.